The lowest BCUT2D eigenvalue weighted by molar-refractivity contribution is 0.414. The van der Waals surface area contributed by atoms with Crippen LogP contribution in [0.25, 0.3) is 5.52 Å². The van der Waals surface area contributed by atoms with E-state index in [1.165, 1.54) is 0 Å². The number of hydrogen-bond acceptors (Lipinski definition) is 4. The molecule has 3 rings (SSSR count). The molecule has 0 amide bonds. The van der Waals surface area contributed by atoms with Gasteiger partial charge in [0.15, 0.2) is 0 Å². The first-order valence-corrected chi connectivity index (χ1v) is 6.45. The highest BCUT2D eigenvalue weighted by Gasteiger charge is 2.16. The number of nitrogens with zero attached hydrogens (tertiary/aromatic N) is 3. The fourth-order valence-corrected chi connectivity index (χ4v) is 2.34. The number of fused-ring (bicyclic) bond motifs is 1. The van der Waals surface area contributed by atoms with Crippen molar-refractivity contribution < 1.29 is 4.74 Å². The lowest BCUT2D eigenvalue weighted by Crippen LogP contribution is -2.11. The van der Waals surface area contributed by atoms with Crippen LogP contribution in [0.15, 0.2) is 43.0 Å². The van der Waals surface area contributed by atoms with Crippen LogP contribution in [-0.4, -0.2) is 21.7 Å². The van der Waals surface area contributed by atoms with Crippen molar-refractivity contribution in [3.63, 3.8) is 0 Å². The molecule has 102 valence electrons. The highest BCUT2D eigenvalue weighted by Crippen LogP contribution is 2.30. The first-order chi connectivity index (χ1) is 9.70. The van der Waals surface area contributed by atoms with Crippen LogP contribution in [0.4, 0.5) is 0 Å². The molecule has 0 saturated heterocycles. The van der Waals surface area contributed by atoms with Crippen LogP contribution in [-0.2, 0) is 0 Å². The average molecular weight is 289 g/mol. The molecular formula is C14H13ClN4O. The topological polar surface area (TPSA) is 65.4 Å². The van der Waals surface area contributed by atoms with Gasteiger partial charge in [-0.05, 0) is 17.7 Å². The van der Waals surface area contributed by atoms with Crippen molar-refractivity contribution in [1.82, 2.24) is 14.6 Å². The number of nitrogens with two attached hydrogens (primary N) is 1. The summed E-state index contributed by atoms with van der Waals surface area (Å²) in [5, 5.41) is 4.82. The van der Waals surface area contributed by atoms with Crippen LogP contribution in [0.3, 0.4) is 0 Å². The normalized spacial score (nSPS) is 12.6. The molecule has 2 aromatic heterocycles. The maximum absolute atomic E-state index is 6.32. The Hall–Kier alpha value is -2.11. The second kappa shape index (κ2) is 5.11. The van der Waals surface area contributed by atoms with Crippen LogP contribution in [0, 0.1) is 0 Å². The van der Waals surface area contributed by atoms with Gasteiger partial charge in [0.2, 0.25) is 0 Å². The van der Waals surface area contributed by atoms with Gasteiger partial charge >= 0.3 is 0 Å². The quantitative estimate of drug-likeness (QED) is 0.804. The van der Waals surface area contributed by atoms with E-state index in [0.29, 0.717) is 10.8 Å². The van der Waals surface area contributed by atoms with Gasteiger partial charge in [-0.2, -0.15) is 5.10 Å². The molecule has 0 radical (unpaired) electrons. The molecule has 6 heteroatoms. The van der Waals surface area contributed by atoms with E-state index in [0.717, 1.165) is 16.6 Å². The molecule has 0 aliphatic heterocycles. The lowest BCUT2D eigenvalue weighted by atomic mass is 10.0. The molecule has 0 bridgehead atoms. The molecule has 3 aromatic rings. The largest absolute Gasteiger partial charge is 0.495 e. The van der Waals surface area contributed by atoms with Gasteiger partial charge in [-0.3, -0.25) is 4.98 Å². The highest BCUT2D eigenvalue weighted by molar-refractivity contribution is 6.32. The number of rotatable bonds is 3. The summed E-state index contributed by atoms with van der Waals surface area (Å²) < 4.78 is 6.97. The minimum Gasteiger partial charge on any atom is -0.495 e. The minimum atomic E-state index is -0.317. The summed E-state index contributed by atoms with van der Waals surface area (Å²) in [4.78, 5) is 4.11. The van der Waals surface area contributed by atoms with Crippen molar-refractivity contribution in [3.05, 3.63) is 59.1 Å². The maximum atomic E-state index is 6.32. The lowest BCUT2D eigenvalue weighted by Gasteiger charge is -2.13. The fraction of sp³-hybridized carbons (Fsp3) is 0.143. The number of aromatic nitrogens is 3. The Bertz CT molecular complexity index is 756. The third kappa shape index (κ3) is 2.11. The zero-order chi connectivity index (χ0) is 14.1. The molecule has 0 spiro atoms. The Labute approximate surface area is 121 Å². The van der Waals surface area contributed by atoms with Crippen molar-refractivity contribution in [1.29, 1.82) is 0 Å². The molecular weight excluding hydrogens is 276 g/mol. The Morgan fingerprint density at radius 1 is 1.35 bits per heavy atom. The van der Waals surface area contributed by atoms with E-state index in [-0.39, 0.29) is 6.04 Å². The van der Waals surface area contributed by atoms with Gasteiger partial charge in [0.1, 0.15) is 5.75 Å². The smallest absolute Gasteiger partial charge is 0.137 e. The predicted molar refractivity (Wildman–Crippen MR) is 77.0 cm³/mol. The second-order valence-electron chi connectivity index (χ2n) is 4.38. The van der Waals surface area contributed by atoms with Crippen molar-refractivity contribution >= 4 is 17.1 Å². The molecule has 1 atom stereocenters. The van der Waals surface area contributed by atoms with Crippen LogP contribution >= 0.6 is 11.6 Å². The SMILES string of the molecule is COc1cc(C(N)c2cnn3ccncc23)ccc1Cl. The summed E-state index contributed by atoms with van der Waals surface area (Å²) in [7, 11) is 1.58. The molecule has 2 N–H and O–H groups in total. The van der Waals surface area contributed by atoms with Gasteiger partial charge in [-0.1, -0.05) is 17.7 Å². The molecule has 1 unspecified atom stereocenters. The summed E-state index contributed by atoms with van der Waals surface area (Å²) in [6.45, 7) is 0. The monoisotopic (exact) mass is 288 g/mol. The van der Waals surface area contributed by atoms with Gasteiger partial charge in [0, 0.05) is 18.0 Å². The number of methoxy groups -OCH3 is 1. The summed E-state index contributed by atoms with van der Waals surface area (Å²) in [5.74, 6) is 0.606. The number of benzene rings is 1. The van der Waals surface area contributed by atoms with Gasteiger partial charge in [-0.25, -0.2) is 4.52 Å². The molecule has 0 fully saturated rings. The summed E-state index contributed by atoms with van der Waals surface area (Å²) >= 11 is 6.03. The molecule has 2 heterocycles. The van der Waals surface area contributed by atoms with Crippen molar-refractivity contribution in [2.75, 3.05) is 7.11 Å². The van der Waals surface area contributed by atoms with E-state index in [1.54, 1.807) is 42.5 Å². The molecule has 5 nitrogen and oxygen atoms in total. The Morgan fingerprint density at radius 3 is 3.00 bits per heavy atom. The van der Waals surface area contributed by atoms with E-state index in [9.17, 15) is 0 Å². The Balaban J connectivity index is 2.06. The van der Waals surface area contributed by atoms with Gasteiger partial charge in [0.25, 0.3) is 0 Å². The first-order valence-electron chi connectivity index (χ1n) is 6.07. The minimum absolute atomic E-state index is 0.317. The van der Waals surface area contributed by atoms with Crippen LogP contribution in [0.1, 0.15) is 17.2 Å². The van der Waals surface area contributed by atoms with Crippen molar-refractivity contribution in [2.45, 2.75) is 6.04 Å². The van der Waals surface area contributed by atoms with Gasteiger partial charge < -0.3 is 10.5 Å². The maximum Gasteiger partial charge on any atom is 0.137 e. The van der Waals surface area contributed by atoms with E-state index in [2.05, 4.69) is 10.1 Å². The zero-order valence-electron chi connectivity index (χ0n) is 10.8. The average Bonchev–Trinajstić information content (AvgIpc) is 2.91. The standard InChI is InChI=1S/C14H13ClN4O/c1-20-13-6-9(2-3-11(13)15)14(16)10-7-18-19-5-4-17-8-12(10)19/h2-8,14H,16H2,1H3. The third-order valence-electron chi connectivity index (χ3n) is 3.22. The highest BCUT2D eigenvalue weighted by atomic mass is 35.5. The number of halogens is 1. The summed E-state index contributed by atoms with van der Waals surface area (Å²) in [6.07, 6.45) is 6.97. The van der Waals surface area contributed by atoms with E-state index >= 15 is 0 Å². The Kier molecular flexibility index (Phi) is 3.30. The van der Waals surface area contributed by atoms with Gasteiger partial charge in [0.05, 0.1) is 36.1 Å². The van der Waals surface area contributed by atoms with Crippen LogP contribution in [0.2, 0.25) is 5.02 Å². The van der Waals surface area contributed by atoms with Crippen LogP contribution in [0.5, 0.6) is 5.75 Å². The van der Waals surface area contributed by atoms with Gasteiger partial charge in [-0.15, -0.1) is 0 Å². The molecule has 0 saturated carbocycles. The zero-order valence-corrected chi connectivity index (χ0v) is 11.6. The fourth-order valence-electron chi connectivity index (χ4n) is 2.14. The molecule has 20 heavy (non-hydrogen) atoms. The first kappa shape index (κ1) is 12.9. The Morgan fingerprint density at radius 2 is 2.20 bits per heavy atom. The summed E-state index contributed by atoms with van der Waals surface area (Å²) in [5.41, 5.74) is 9.02. The van der Waals surface area contributed by atoms with E-state index < -0.39 is 0 Å². The molecule has 0 aliphatic rings. The van der Waals surface area contributed by atoms with Crippen molar-refractivity contribution in [3.8, 4) is 5.75 Å². The van der Waals surface area contributed by atoms with E-state index in [4.69, 9.17) is 22.1 Å². The second-order valence-corrected chi connectivity index (χ2v) is 4.78. The van der Waals surface area contributed by atoms with Crippen molar-refractivity contribution in [2.24, 2.45) is 5.73 Å². The predicted octanol–water partition coefficient (Wildman–Crippen LogP) is 2.44. The molecule has 1 aromatic carbocycles. The number of hydrogen-bond donors (Lipinski definition) is 1. The van der Waals surface area contributed by atoms with Crippen LogP contribution < -0.4 is 10.5 Å². The number of ether oxygens (including phenoxy) is 1. The third-order valence-corrected chi connectivity index (χ3v) is 3.54. The molecule has 0 aliphatic carbocycles. The summed E-state index contributed by atoms with van der Waals surface area (Å²) in [6, 6.07) is 5.18. The van der Waals surface area contributed by atoms with E-state index in [1.807, 2.05) is 12.1 Å².